The summed E-state index contributed by atoms with van der Waals surface area (Å²) in [6.45, 7) is 2.28. The summed E-state index contributed by atoms with van der Waals surface area (Å²) < 4.78 is 36.7. The third-order valence-electron chi connectivity index (χ3n) is 3.91. The van der Waals surface area contributed by atoms with Gasteiger partial charge in [0.15, 0.2) is 11.5 Å². The number of ether oxygens (including phenoxy) is 2. The summed E-state index contributed by atoms with van der Waals surface area (Å²) >= 11 is 5.79. The van der Waals surface area contributed by atoms with Crippen LogP contribution in [0.4, 0.5) is 0 Å². The Balaban J connectivity index is 1.98. The Kier molecular flexibility index (Phi) is 7.68. The molecule has 2 aromatic rings. The molecule has 0 fully saturated rings. The van der Waals surface area contributed by atoms with Gasteiger partial charge in [-0.1, -0.05) is 17.7 Å². The predicted molar refractivity (Wildman–Crippen MR) is 107 cm³/mol. The SMILES string of the molecule is CCOc1cc(CNC(=O)CN(C)S(=O)(=O)c2ccc(Cl)cc2)ccc1OC. The minimum Gasteiger partial charge on any atom is -0.493 e. The van der Waals surface area contributed by atoms with Crippen LogP contribution in [0, 0.1) is 0 Å². The van der Waals surface area contributed by atoms with Gasteiger partial charge in [-0.3, -0.25) is 4.79 Å². The number of halogens is 1. The molecular formula is C19H23ClN2O5S. The molecule has 0 radical (unpaired) electrons. The van der Waals surface area contributed by atoms with Crippen LogP contribution in [-0.2, 0) is 21.4 Å². The Morgan fingerprint density at radius 2 is 1.82 bits per heavy atom. The summed E-state index contributed by atoms with van der Waals surface area (Å²) in [6.07, 6.45) is 0. The third kappa shape index (κ3) is 5.60. The molecule has 2 aromatic carbocycles. The van der Waals surface area contributed by atoms with Crippen LogP contribution in [0.5, 0.6) is 11.5 Å². The highest BCUT2D eigenvalue weighted by Crippen LogP contribution is 2.28. The molecule has 0 bridgehead atoms. The summed E-state index contributed by atoms with van der Waals surface area (Å²) in [4.78, 5) is 12.3. The zero-order valence-electron chi connectivity index (χ0n) is 15.9. The molecule has 2 rings (SSSR count). The molecule has 0 saturated carbocycles. The number of sulfonamides is 1. The van der Waals surface area contributed by atoms with E-state index in [9.17, 15) is 13.2 Å². The summed E-state index contributed by atoms with van der Waals surface area (Å²) in [5, 5.41) is 3.14. The summed E-state index contributed by atoms with van der Waals surface area (Å²) in [5.74, 6) is 0.763. The van der Waals surface area contributed by atoms with Crippen molar-refractivity contribution in [2.75, 3.05) is 27.3 Å². The zero-order valence-corrected chi connectivity index (χ0v) is 17.5. The van der Waals surface area contributed by atoms with Gasteiger partial charge in [0.1, 0.15) is 0 Å². The van der Waals surface area contributed by atoms with Gasteiger partial charge in [0.2, 0.25) is 15.9 Å². The van der Waals surface area contributed by atoms with E-state index in [1.807, 2.05) is 6.92 Å². The molecule has 1 amide bonds. The van der Waals surface area contributed by atoms with Gasteiger partial charge in [-0.2, -0.15) is 4.31 Å². The Morgan fingerprint density at radius 1 is 1.14 bits per heavy atom. The second-order valence-electron chi connectivity index (χ2n) is 5.91. The number of rotatable bonds is 9. The van der Waals surface area contributed by atoms with E-state index < -0.39 is 15.9 Å². The molecule has 0 spiro atoms. The van der Waals surface area contributed by atoms with Gasteiger partial charge < -0.3 is 14.8 Å². The molecule has 9 heteroatoms. The van der Waals surface area contributed by atoms with Crippen molar-refractivity contribution in [3.05, 3.63) is 53.1 Å². The molecule has 28 heavy (non-hydrogen) atoms. The lowest BCUT2D eigenvalue weighted by molar-refractivity contribution is -0.121. The second-order valence-corrected chi connectivity index (χ2v) is 8.39. The van der Waals surface area contributed by atoms with Gasteiger partial charge >= 0.3 is 0 Å². The standard InChI is InChI=1S/C19H23ClN2O5S/c1-4-27-18-11-14(5-10-17(18)26-3)12-21-19(23)13-22(2)28(24,25)16-8-6-15(20)7-9-16/h5-11H,4,12-13H2,1-3H3,(H,21,23). The largest absolute Gasteiger partial charge is 0.493 e. The first-order valence-corrected chi connectivity index (χ1v) is 10.4. The van der Waals surface area contributed by atoms with Crippen molar-refractivity contribution in [1.29, 1.82) is 0 Å². The molecule has 7 nitrogen and oxygen atoms in total. The number of likely N-dealkylation sites (N-methyl/N-ethyl adjacent to an activating group) is 1. The molecule has 0 aliphatic heterocycles. The minimum absolute atomic E-state index is 0.0729. The van der Waals surface area contributed by atoms with Crippen LogP contribution in [0.15, 0.2) is 47.4 Å². The summed E-state index contributed by atoms with van der Waals surface area (Å²) in [7, 11) is -0.876. The van der Waals surface area contributed by atoms with Crippen molar-refractivity contribution in [1.82, 2.24) is 9.62 Å². The van der Waals surface area contributed by atoms with E-state index in [4.69, 9.17) is 21.1 Å². The molecule has 0 aromatic heterocycles. The molecule has 0 aliphatic carbocycles. The maximum absolute atomic E-state index is 12.5. The van der Waals surface area contributed by atoms with Gasteiger partial charge in [-0.25, -0.2) is 8.42 Å². The molecule has 0 aliphatic rings. The first-order chi connectivity index (χ1) is 13.3. The predicted octanol–water partition coefficient (Wildman–Crippen LogP) is 2.68. The van der Waals surface area contributed by atoms with Crippen molar-refractivity contribution in [2.24, 2.45) is 0 Å². The number of benzene rings is 2. The van der Waals surface area contributed by atoms with E-state index in [0.717, 1.165) is 9.87 Å². The highest BCUT2D eigenvalue weighted by atomic mass is 35.5. The molecule has 0 saturated heterocycles. The van der Waals surface area contributed by atoms with Gasteiger partial charge in [0.05, 0.1) is 25.2 Å². The molecule has 0 heterocycles. The smallest absolute Gasteiger partial charge is 0.243 e. The van der Waals surface area contributed by atoms with Crippen LogP contribution in [0.1, 0.15) is 12.5 Å². The van der Waals surface area contributed by atoms with Gasteiger partial charge in [0, 0.05) is 18.6 Å². The number of hydrogen-bond donors (Lipinski definition) is 1. The average Bonchev–Trinajstić information content (AvgIpc) is 2.67. The first-order valence-electron chi connectivity index (χ1n) is 8.56. The summed E-state index contributed by atoms with van der Waals surface area (Å²) in [6, 6.07) is 11.1. The van der Waals surface area contributed by atoms with E-state index in [-0.39, 0.29) is 18.0 Å². The minimum atomic E-state index is -3.78. The first kappa shape index (κ1) is 22.0. The normalized spacial score (nSPS) is 11.3. The summed E-state index contributed by atoms with van der Waals surface area (Å²) in [5.41, 5.74) is 0.806. The lowest BCUT2D eigenvalue weighted by Crippen LogP contribution is -2.38. The number of hydrogen-bond acceptors (Lipinski definition) is 5. The molecular weight excluding hydrogens is 404 g/mol. The quantitative estimate of drug-likeness (QED) is 0.666. The number of nitrogens with one attached hydrogen (secondary N) is 1. The number of carbonyl (C=O) groups is 1. The lowest BCUT2D eigenvalue weighted by Gasteiger charge is -2.17. The number of methoxy groups -OCH3 is 1. The molecule has 0 unspecified atom stereocenters. The van der Waals surface area contributed by atoms with Crippen LogP contribution in [-0.4, -0.2) is 45.9 Å². The van der Waals surface area contributed by atoms with Gasteiger partial charge in [-0.15, -0.1) is 0 Å². The number of amides is 1. The Hall–Kier alpha value is -2.29. The number of nitrogens with zero attached hydrogens (tertiary/aromatic N) is 1. The number of carbonyl (C=O) groups excluding carboxylic acids is 1. The zero-order chi connectivity index (χ0) is 20.7. The fourth-order valence-electron chi connectivity index (χ4n) is 2.43. The second kappa shape index (κ2) is 9.77. The van der Waals surface area contributed by atoms with Crippen molar-refractivity contribution < 1.29 is 22.7 Å². The van der Waals surface area contributed by atoms with Crippen molar-refractivity contribution in [3.63, 3.8) is 0 Å². The average molecular weight is 427 g/mol. The monoisotopic (exact) mass is 426 g/mol. The third-order valence-corrected chi connectivity index (χ3v) is 5.98. The van der Waals surface area contributed by atoms with E-state index in [0.29, 0.717) is 23.1 Å². The van der Waals surface area contributed by atoms with Gasteiger partial charge in [-0.05, 0) is 48.9 Å². The van der Waals surface area contributed by atoms with E-state index >= 15 is 0 Å². The fourth-order valence-corrected chi connectivity index (χ4v) is 3.68. The lowest BCUT2D eigenvalue weighted by atomic mass is 10.2. The van der Waals surface area contributed by atoms with Crippen LogP contribution in [0.3, 0.4) is 0 Å². The van der Waals surface area contributed by atoms with Crippen LogP contribution in [0.25, 0.3) is 0 Å². The van der Waals surface area contributed by atoms with Crippen molar-refractivity contribution in [3.8, 4) is 11.5 Å². The van der Waals surface area contributed by atoms with E-state index in [1.165, 1.54) is 31.3 Å². The maximum Gasteiger partial charge on any atom is 0.243 e. The van der Waals surface area contributed by atoms with E-state index in [1.54, 1.807) is 25.3 Å². The highest BCUT2D eigenvalue weighted by Gasteiger charge is 2.22. The van der Waals surface area contributed by atoms with Crippen molar-refractivity contribution in [2.45, 2.75) is 18.4 Å². The van der Waals surface area contributed by atoms with Crippen molar-refractivity contribution >= 4 is 27.5 Å². The van der Waals surface area contributed by atoms with Gasteiger partial charge in [0.25, 0.3) is 0 Å². The van der Waals surface area contributed by atoms with Crippen LogP contribution >= 0.6 is 11.6 Å². The molecule has 1 N–H and O–H groups in total. The molecule has 0 atom stereocenters. The maximum atomic E-state index is 12.5. The Labute approximate surface area is 170 Å². The fraction of sp³-hybridized carbons (Fsp3) is 0.316. The Bertz CT molecular complexity index is 916. The topological polar surface area (TPSA) is 84.9 Å². The van der Waals surface area contributed by atoms with Crippen LogP contribution in [0.2, 0.25) is 5.02 Å². The van der Waals surface area contributed by atoms with Crippen LogP contribution < -0.4 is 14.8 Å². The Morgan fingerprint density at radius 3 is 2.43 bits per heavy atom. The highest BCUT2D eigenvalue weighted by molar-refractivity contribution is 7.89. The molecule has 152 valence electrons. The van der Waals surface area contributed by atoms with E-state index in [2.05, 4.69) is 5.32 Å².